The molecule has 10 nitrogen and oxygen atoms in total. The van der Waals surface area contributed by atoms with Gasteiger partial charge in [-0.25, -0.2) is 0 Å². The molecule has 0 aliphatic carbocycles. The number of amides is 2. The molecular formula is C36H36Cl2N6O4S. The third-order valence-corrected chi connectivity index (χ3v) is 9.94. The number of rotatable bonds is 10. The van der Waals surface area contributed by atoms with E-state index in [2.05, 4.69) is 15.7 Å². The summed E-state index contributed by atoms with van der Waals surface area (Å²) in [5.41, 5.74) is 4.32. The Morgan fingerprint density at radius 3 is 2.06 bits per heavy atom. The first-order valence-corrected chi connectivity index (χ1v) is 17.7. The van der Waals surface area contributed by atoms with Crippen molar-refractivity contribution in [2.75, 3.05) is 29.8 Å². The van der Waals surface area contributed by atoms with E-state index in [0.717, 1.165) is 46.9 Å². The van der Waals surface area contributed by atoms with E-state index in [4.69, 9.17) is 23.2 Å². The molecule has 0 bridgehead atoms. The standard InChI is InChI=1S/C19H19ClN4O3S.C17H17ClN2O/c1-21-19(25)15-4-3-5-17(12-15)24(13-14-6-8-16(20)9-7-14)28(26,27)18-10-11-23(2)22-18;18-15-7-5-13(6-8-15)12-19-16-4-1-3-14(11-16)17(21)20-9-2-10-20/h3-12H,13H2,1-2H3,(H,21,25);1,3-8,11,19H,2,9-10,12H2. The second-order valence-corrected chi connectivity index (χ2v) is 14.0. The molecule has 5 aromatic rings. The second-order valence-electron chi connectivity index (χ2n) is 11.3. The number of nitrogens with zero attached hydrogens (tertiary/aromatic N) is 4. The Hall–Kier alpha value is -4.84. The Bertz CT molecular complexity index is 2010. The van der Waals surface area contributed by atoms with E-state index < -0.39 is 10.0 Å². The second kappa shape index (κ2) is 16.0. The molecule has 0 radical (unpaired) electrons. The number of anilines is 2. The van der Waals surface area contributed by atoms with Gasteiger partial charge in [-0.2, -0.15) is 13.5 Å². The van der Waals surface area contributed by atoms with E-state index in [1.165, 1.54) is 28.2 Å². The molecule has 49 heavy (non-hydrogen) atoms. The van der Waals surface area contributed by atoms with Gasteiger partial charge in [-0.15, -0.1) is 0 Å². The zero-order valence-electron chi connectivity index (χ0n) is 27.0. The average Bonchev–Trinajstić information content (AvgIpc) is 3.54. The number of carbonyl (C=O) groups is 2. The summed E-state index contributed by atoms with van der Waals surface area (Å²) in [5.74, 6) is -0.181. The third kappa shape index (κ3) is 9.20. The summed E-state index contributed by atoms with van der Waals surface area (Å²) >= 11 is 11.8. The zero-order chi connectivity index (χ0) is 35.0. The monoisotopic (exact) mass is 718 g/mol. The summed E-state index contributed by atoms with van der Waals surface area (Å²) in [7, 11) is -0.788. The van der Waals surface area contributed by atoms with Gasteiger partial charge in [0.25, 0.3) is 21.8 Å². The van der Waals surface area contributed by atoms with Gasteiger partial charge in [0.1, 0.15) is 0 Å². The van der Waals surface area contributed by atoms with E-state index in [1.54, 1.807) is 55.7 Å². The van der Waals surface area contributed by atoms with Gasteiger partial charge in [0, 0.05) is 66.8 Å². The van der Waals surface area contributed by atoms with Crippen molar-refractivity contribution < 1.29 is 18.0 Å². The summed E-state index contributed by atoms with van der Waals surface area (Å²) in [6.45, 7) is 2.52. The quantitative estimate of drug-likeness (QED) is 0.168. The predicted molar refractivity (Wildman–Crippen MR) is 194 cm³/mol. The lowest BCUT2D eigenvalue weighted by Gasteiger charge is -2.31. The molecule has 1 saturated heterocycles. The normalized spacial score (nSPS) is 12.3. The van der Waals surface area contributed by atoms with E-state index in [9.17, 15) is 18.0 Å². The highest BCUT2D eigenvalue weighted by atomic mass is 35.5. The van der Waals surface area contributed by atoms with Crippen molar-refractivity contribution in [3.8, 4) is 0 Å². The van der Waals surface area contributed by atoms with Crippen LogP contribution >= 0.6 is 23.2 Å². The van der Waals surface area contributed by atoms with Crippen LogP contribution in [0, 0.1) is 0 Å². The number of aromatic nitrogens is 2. The molecule has 1 aliphatic heterocycles. The number of likely N-dealkylation sites (tertiary alicyclic amines) is 1. The highest BCUT2D eigenvalue weighted by Crippen LogP contribution is 2.27. The minimum atomic E-state index is -3.95. The van der Waals surface area contributed by atoms with Crippen LogP contribution in [0.15, 0.2) is 114 Å². The minimum Gasteiger partial charge on any atom is -0.381 e. The predicted octanol–water partition coefficient (Wildman–Crippen LogP) is 6.63. The maximum absolute atomic E-state index is 13.3. The maximum atomic E-state index is 13.3. The molecule has 2 N–H and O–H groups in total. The van der Waals surface area contributed by atoms with Gasteiger partial charge in [-0.05, 0) is 84.3 Å². The number of carbonyl (C=O) groups excluding carboxylic acids is 2. The maximum Gasteiger partial charge on any atom is 0.283 e. The number of aryl methyl sites for hydroxylation is 1. The third-order valence-electron chi connectivity index (χ3n) is 7.77. The van der Waals surface area contributed by atoms with Gasteiger partial charge in [0.2, 0.25) is 0 Å². The molecule has 1 aromatic heterocycles. The summed E-state index contributed by atoms with van der Waals surface area (Å²) in [6.07, 6.45) is 2.68. The van der Waals surface area contributed by atoms with Crippen LogP contribution in [0.25, 0.3) is 0 Å². The minimum absolute atomic E-state index is 0.0628. The van der Waals surface area contributed by atoms with Gasteiger partial charge in [0.15, 0.2) is 5.03 Å². The largest absolute Gasteiger partial charge is 0.381 e. The number of sulfonamides is 1. The molecule has 0 spiro atoms. The zero-order valence-corrected chi connectivity index (χ0v) is 29.3. The highest BCUT2D eigenvalue weighted by molar-refractivity contribution is 7.92. The van der Waals surface area contributed by atoms with Crippen LogP contribution in [-0.2, 0) is 30.2 Å². The Morgan fingerprint density at radius 2 is 1.47 bits per heavy atom. The van der Waals surface area contributed by atoms with E-state index >= 15 is 0 Å². The molecule has 13 heteroatoms. The fourth-order valence-electron chi connectivity index (χ4n) is 4.93. The molecule has 6 rings (SSSR count). The van der Waals surface area contributed by atoms with Crippen molar-refractivity contribution >= 4 is 56.4 Å². The van der Waals surface area contributed by atoms with Crippen LogP contribution in [0.2, 0.25) is 10.0 Å². The fourth-order valence-corrected chi connectivity index (χ4v) is 6.58. The molecule has 4 aromatic carbocycles. The van der Waals surface area contributed by atoms with Crippen molar-refractivity contribution in [1.82, 2.24) is 20.0 Å². The van der Waals surface area contributed by atoms with Gasteiger partial charge < -0.3 is 15.5 Å². The molecule has 2 heterocycles. The van der Waals surface area contributed by atoms with Crippen LogP contribution in [0.3, 0.4) is 0 Å². The fraction of sp³-hybridized carbons (Fsp3) is 0.194. The van der Waals surface area contributed by atoms with Gasteiger partial charge in [0.05, 0.1) is 12.2 Å². The average molecular weight is 720 g/mol. The first kappa shape index (κ1) is 35.5. The Morgan fingerprint density at radius 1 is 0.837 bits per heavy atom. The van der Waals surface area contributed by atoms with Crippen LogP contribution < -0.4 is 14.9 Å². The number of hydrogen-bond acceptors (Lipinski definition) is 6. The summed E-state index contributed by atoms with van der Waals surface area (Å²) < 4.78 is 29.2. The lowest BCUT2D eigenvalue weighted by molar-refractivity contribution is 0.0651. The van der Waals surface area contributed by atoms with Crippen molar-refractivity contribution in [2.45, 2.75) is 24.5 Å². The molecule has 1 fully saturated rings. The van der Waals surface area contributed by atoms with E-state index in [1.807, 2.05) is 53.4 Å². The van der Waals surface area contributed by atoms with Gasteiger partial charge >= 0.3 is 0 Å². The Balaban J connectivity index is 0.000000199. The highest BCUT2D eigenvalue weighted by Gasteiger charge is 2.28. The molecule has 254 valence electrons. The van der Waals surface area contributed by atoms with Crippen molar-refractivity contribution in [1.29, 1.82) is 0 Å². The Kier molecular flexibility index (Phi) is 11.6. The lowest BCUT2D eigenvalue weighted by Crippen LogP contribution is -2.42. The van der Waals surface area contributed by atoms with Crippen LogP contribution in [-0.4, -0.2) is 55.0 Å². The number of nitrogens with one attached hydrogen (secondary N) is 2. The number of benzene rings is 4. The summed E-state index contributed by atoms with van der Waals surface area (Å²) in [5, 5.41) is 11.1. The lowest BCUT2D eigenvalue weighted by atomic mass is 10.1. The van der Waals surface area contributed by atoms with Crippen molar-refractivity contribution in [2.24, 2.45) is 7.05 Å². The van der Waals surface area contributed by atoms with Crippen LogP contribution in [0.4, 0.5) is 11.4 Å². The first-order valence-electron chi connectivity index (χ1n) is 15.5. The first-order chi connectivity index (χ1) is 23.5. The van der Waals surface area contributed by atoms with E-state index in [0.29, 0.717) is 22.8 Å². The number of halogens is 2. The Labute approximate surface area is 296 Å². The van der Waals surface area contributed by atoms with Gasteiger partial charge in [-0.1, -0.05) is 59.6 Å². The smallest absolute Gasteiger partial charge is 0.283 e. The number of hydrogen-bond donors (Lipinski definition) is 2. The van der Waals surface area contributed by atoms with Crippen molar-refractivity contribution in [3.05, 3.63) is 142 Å². The van der Waals surface area contributed by atoms with Gasteiger partial charge in [-0.3, -0.25) is 18.6 Å². The molecular weight excluding hydrogens is 683 g/mol. The van der Waals surface area contributed by atoms with Crippen LogP contribution in [0.5, 0.6) is 0 Å². The summed E-state index contributed by atoms with van der Waals surface area (Å²) in [6, 6.07) is 30.2. The molecule has 0 unspecified atom stereocenters. The molecule has 0 saturated carbocycles. The molecule has 1 aliphatic rings. The van der Waals surface area contributed by atoms with E-state index in [-0.39, 0.29) is 23.4 Å². The molecule has 0 atom stereocenters. The molecule has 2 amide bonds. The topological polar surface area (TPSA) is 117 Å². The van der Waals surface area contributed by atoms with Crippen LogP contribution in [0.1, 0.15) is 38.3 Å². The SMILES string of the molecule is CNC(=O)c1cccc(N(Cc2ccc(Cl)cc2)S(=O)(=O)c2ccn(C)n2)c1.O=C(c1cccc(NCc2ccc(Cl)cc2)c1)N1CCC1. The van der Waals surface area contributed by atoms with Crippen molar-refractivity contribution in [3.63, 3.8) is 0 Å². The summed E-state index contributed by atoms with van der Waals surface area (Å²) in [4.78, 5) is 26.0.